The lowest BCUT2D eigenvalue weighted by Gasteiger charge is -2.05. The molecule has 0 aliphatic rings. The minimum atomic E-state index is -4.23. The maximum absolute atomic E-state index is 13.3. The van der Waals surface area contributed by atoms with Gasteiger partial charge in [0.15, 0.2) is 0 Å². The lowest BCUT2D eigenvalue weighted by atomic mass is 10.2. The van der Waals surface area contributed by atoms with Crippen LogP contribution in [-0.4, -0.2) is 23.6 Å². The van der Waals surface area contributed by atoms with Crippen LogP contribution in [0.5, 0.6) is 5.88 Å². The summed E-state index contributed by atoms with van der Waals surface area (Å²) in [5, 5.41) is 3.69. The molecule has 0 aliphatic carbocycles. The van der Waals surface area contributed by atoms with Crippen molar-refractivity contribution in [2.45, 2.75) is 4.90 Å². The van der Waals surface area contributed by atoms with Gasteiger partial charge in [0.05, 0.1) is 4.90 Å². The highest BCUT2D eigenvalue weighted by Gasteiger charge is 2.23. The molecule has 3 rings (SSSR count). The molecule has 0 amide bonds. The summed E-state index contributed by atoms with van der Waals surface area (Å²) in [5.41, 5.74) is 6.45. The first-order valence-corrected chi connectivity index (χ1v) is 9.12. The number of esters is 1. The highest BCUT2D eigenvalue weighted by Crippen LogP contribution is 2.21. The molecule has 0 radical (unpaired) electrons. The predicted octanol–water partition coefficient (Wildman–Crippen LogP) is 2.46. The standard InChI is InChI=1S/C18H14FN3O4S/c19-14-7-4-8-15(11-14)27(24,25)22-16(20)12-17(21-22)26-18(23)10-9-13-5-2-1-3-6-13/h1-12H,20H2. The number of halogens is 1. The van der Waals surface area contributed by atoms with E-state index in [2.05, 4.69) is 5.10 Å². The Morgan fingerprint density at radius 2 is 1.85 bits per heavy atom. The van der Waals surface area contributed by atoms with E-state index in [0.717, 1.165) is 23.8 Å². The van der Waals surface area contributed by atoms with Crippen molar-refractivity contribution < 1.29 is 22.3 Å². The summed E-state index contributed by atoms with van der Waals surface area (Å²) in [4.78, 5) is 11.5. The third kappa shape index (κ3) is 4.21. The molecule has 9 heteroatoms. The number of rotatable bonds is 5. The van der Waals surface area contributed by atoms with Crippen molar-refractivity contribution in [3.05, 3.63) is 78.1 Å². The van der Waals surface area contributed by atoms with Crippen molar-refractivity contribution in [3.8, 4) is 5.88 Å². The molecule has 3 aromatic rings. The number of hydrogen-bond donors (Lipinski definition) is 1. The fourth-order valence-electron chi connectivity index (χ4n) is 2.19. The van der Waals surface area contributed by atoms with E-state index in [1.54, 1.807) is 12.1 Å². The van der Waals surface area contributed by atoms with Crippen LogP contribution >= 0.6 is 0 Å². The Kier molecular flexibility index (Phi) is 5.04. The molecule has 0 saturated carbocycles. The Morgan fingerprint density at radius 1 is 1.11 bits per heavy atom. The Bertz CT molecular complexity index is 1110. The third-order valence-corrected chi connectivity index (χ3v) is 5.02. The van der Waals surface area contributed by atoms with Crippen molar-refractivity contribution in [2.75, 3.05) is 5.73 Å². The fraction of sp³-hybridized carbons (Fsp3) is 0. The SMILES string of the molecule is Nc1cc(OC(=O)C=Cc2ccccc2)nn1S(=O)(=O)c1cccc(F)c1. The topological polar surface area (TPSA) is 104 Å². The van der Waals surface area contributed by atoms with Crippen LogP contribution in [0.1, 0.15) is 5.56 Å². The van der Waals surface area contributed by atoms with Gasteiger partial charge in [-0.25, -0.2) is 9.18 Å². The van der Waals surface area contributed by atoms with Gasteiger partial charge in [-0.3, -0.25) is 0 Å². The third-order valence-electron chi connectivity index (χ3n) is 3.42. The predicted molar refractivity (Wildman–Crippen MR) is 96.7 cm³/mol. The van der Waals surface area contributed by atoms with Crippen LogP contribution in [0.25, 0.3) is 6.08 Å². The van der Waals surface area contributed by atoms with E-state index >= 15 is 0 Å². The Balaban J connectivity index is 1.80. The second-order valence-corrected chi connectivity index (χ2v) is 7.15. The molecule has 0 unspecified atom stereocenters. The van der Waals surface area contributed by atoms with Crippen LogP contribution in [-0.2, 0) is 14.8 Å². The normalized spacial score (nSPS) is 11.6. The first-order valence-electron chi connectivity index (χ1n) is 7.68. The summed E-state index contributed by atoms with van der Waals surface area (Å²) in [7, 11) is -4.23. The van der Waals surface area contributed by atoms with E-state index in [1.807, 2.05) is 18.2 Å². The van der Waals surface area contributed by atoms with Crippen molar-refractivity contribution in [2.24, 2.45) is 0 Å². The van der Waals surface area contributed by atoms with Gasteiger partial charge in [-0.05, 0) is 29.8 Å². The Labute approximate surface area is 154 Å². The van der Waals surface area contributed by atoms with Crippen LogP contribution in [0.3, 0.4) is 0 Å². The second kappa shape index (κ2) is 7.42. The van der Waals surface area contributed by atoms with E-state index in [1.165, 1.54) is 24.3 Å². The number of ether oxygens (including phenoxy) is 1. The summed E-state index contributed by atoms with van der Waals surface area (Å²) >= 11 is 0. The molecule has 0 aliphatic heterocycles. The zero-order valence-corrected chi connectivity index (χ0v) is 14.6. The number of carbonyl (C=O) groups excluding carboxylic acids is 1. The van der Waals surface area contributed by atoms with Crippen LogP contribution < -0.4 is 10.5 Å². The number of anilines is 1. The average Bonchev–Trinajstić information content (AvgIpc) is 3.02. The molecule has 7 nitrogen and oxygen atoms in total. The zero-order chi connectivity index (χ0) is 19.4. The largest absolute Gasteiger partial charge is 0.403 e. The van der Waals surface area contributed by atoms with Gasteiger partial charge in [0.2, 0.25) is 5.88 Å². The summed E-state index contributed by atoms with van der Waals surface area (Å²) < 4.78 is 43.8. The number of carbonyl (C=O) groups is 1. The maximum atomic E-state index is 13.3. The molecule has 0 bridgehead atoms. The summed E-state index contributed by atoms with van der Waals surface area (Å²) in [6.07, 6.45) is 2.71. The fourth-order valence-corrected chi connectivity index (χ4v) is 3.42. The summed E-state index contributed by atoms with van der Waals surface area (Å²) in [6, 6.07) is 14.5. The molecule has 0 fully saturated rings. The molecule has 2 aromatic carbocycles. The van der Waals surface area contributed by atoms with Gasteiger partial charge < -0.3 is 10.5 Å². The van der Waals surface area contributed by atoms with Gasteiger partial charge >= 0.3 is 5.97 Å². The highest BCUT2D eigenvalue weighted by molar-refractivity contribution is 7.90. The lowest BCUT2D eigenvalue weighted by molar-refractivity contribution is -0.129. The molecule has 138 valence electrons. The number of hydrogen-bond acceptors (Lipinski definition) is 6. The molecule has 0 saturated heterocycles. The van der Waals surface area contributed by atoms with Crippen molar-refractivity contribution >= 4 is 27.9 Å². The van der Waals surface area contributed by atoms with E-state index in [-0.39, 0.29) is 16.6 Å². The number of nitrogen functional groups attached to an aromatic ring is 1. The number of aromatic nitrogens is 2. The minimum absolute atomic E-state index is 0.283. The quantitative estimate of drug-likeness (QED) is 0.533. The van der Waals surface area contributed by atoms with Crippen LogP contribution in [0, 0.1) is 5.82 Å². The first-order chi connectivity index (χ1) is 12.9. The number of benzene rings is 2. The van der Waals surface area contributed by atoms with Gasteiger partial charge in [0.25, 0.3) is 10.0 Å². The van der Waals surface area contributed by atoms with Crippen LogP contribution in [0.2, 0.25) is 0 Å². The minimum Gasteiger partial charge on any atom is -0.403 e. The molecule has 2 N–H and O–H groups in total. The van der Waals surface area contributed by atoms with Gasteiger partial charge in [-0.15, -0.1) is 9.19 Å². The van der Waals surface area contributed by atoms with Crippen molar-refractivity contribution in [1.29, 1.82) is 0 Å². The Morgan fingerprint density at radius 3 is 2.56 bits per heavy atom. The van der Waals surface area contributed by atoms with E-state index < -0.39 is 21.8 Å². The number of nitrogens with zero attached hydrogens (tertiary/aromatic N) is 2. The van der Waals surface area contributed by atoms with Gasteiger partial charge in [-0.2, -0.15) is 8.42 Å². The van der Waals surface area contributed by atoms with Gasteiger partial charge in [0.1, 0.15) is 11.6 Å². The second-order valence-electron chi connectivity index (χ2n) is 5.38. The summed E-state index contributed by atoms with van der Waals surface area (Å²) in [5.74, 6) is -2.06. The molecule has 0 spiro atoms. The van der Waals surface area contributed by atoms with Crippen LogP contribution in [0.15, 0.2) is 71.6 Å². The highest BCUT2D eigenvalue weighted by atomic mass is 32.2. The molecular formula is C18H14FN3O4S. The zero-order valence-electron chi connectivity index (χ0n) is 13.8. The summed E-state index contributed by atoms with van der Waals surface area (Å²) in [6.45, 7) is 0. The Hall–Kier alpha value is -3.46. The maximum Gasteiger partial charge on any atom is 0.337 e. The monoisotopic (exact) mass is 387 g/mol. The van der Waals surface area contributed by atoms with E-state index in [0.29, 0.717) is 4.09 Å². The van der Waals surface area contributed by atoms with Crippen molar-refractivity contribution in [1.82, 2.24) is 9.19 Å². The van der Waals surface area contributed by atoms with Gasteiger partial charge in [0, 0.05) is 12.1 Å². The van der Waals surface area contributed by atoms with Crippen LogP contribution in [0.4, 0.5) is 10.2 Å². The molecule has 0 atom stereocenters. The average molecular weight is 387 g/mol. The molecule has 1 aromatic heterocycles. The molecular weight excluding hydrogens is 373 g/mol. The molecule has 1 heterocycles. The molecule has 27 heavy (non-hydrogen) atoms. The first kappa shape index (κ1) is 18.3. The van der Waals surface area contributed by atoms with E-state index in [4.69, 9.17) is 10.5 Å². The number of nitrogens with two attached hydrogens (primary N) is 1. The van der Waals surface area contributed by atoms with Crippen molar-refractivity contribution in [3.63, 3.8) is 0 Å². The van der Waals surface area contributed by atoms with Gasteiger partial charge in [-0.1, -0.05) is 36.4 Å². The smallest absolute Gasteiger partial charge is 0.337 e. The lowest BCUT2D eigenvalue weighted by Crippen LogP contribution is -2.17. The van der Waals surface area contributed by atoms with E-state index in [9.17, 15) is 17.6 Å².